The smallest absolute Gasteiger partial charge is 0.140 e. The predicted octanol–water partition coefficient (Wildman–Crippen LogP) is 3.47. The summed E-state index contributed by atoms with van der Waals surface area (Å²) in [6.07, 6.45) is 0. The van der Waals surface area contributed by atoms with Crippen molar-refractivity contribution in [3.63, 3.8) is 0 Å². The fourth-order valence-corrected chi connectivity index (χ4v) is 2.80. The molecule has 0 radical (unpaired) electrons. The second-order valence-corrected chi connectivity index (χ2v) is 5.23. The summed E-state index contributed by atoms with van der Waals surface area (Å²) in [4.78, 5) is 5.65. The molecule has 0 aliphatic carbocycles. The van der Waals surface area contributed by atoms with E-state index >= 15 is 0 Å². The lowest BCUT2D eigenvalue weighted by atomic mass is 10.3. The molecule has 0 saturated carbocycles. The van der Waals surface area contributed by atoms with E-state index in [1.165, 1.54) is 4.88 Å². The highest BCUT2D eigenvalue weighted by Crippen LogP contribution is 2.23. The van der Waals surface area contributed by atoms with Crippen molar-refractivity contribution in [3.05, 3.63) is 39.8 Å². The first-order chi connectivity index (χ1) is 8.72. The van der Waals surface area contributed by atoms with Crippen LogP contribution in [0.4, 0.5) is 0 Å². The van der Waals surface area contributed by atoms with Gasteiger partial charge in [0.15, 0.2) is 0 Å². The molecule has 0 unspecified atom stereocenters. The van der Waals surface area contributed by atoms with Crippen LogP contribution in [0.2, 0.25) is 0 Å². The molecular weight excluding hydrogens is 266 g/mol. The molecule has 5 heteroatoms. The van der Waals surface area contributed by atoms with E-state index in [-0.39, 0.29) is 0 Å². The van der Waals surface area contributed by atoms with Gasteiger partial charge in [-0.2, -0.15) is 12.6 Å². The van der Waals surface area contributed by atoms with E-state index in [9.17, 15) is 0 Å². The number of thiazole rings is 1. The molecule has 0 N–H and O–H groups in total. The van der Waals surface area contributed by atoms with Gasteiger partial charge in [-0.25, -0.2) is 4.98 Å². The number of nitrogens with zero attached hydrogens (tertiary/aromatic N) is 1. The number of aryl methyl sites for hydroxylation is 1. The maximum atomic E-state index is 5.69. The number of ether oxygens (including phenoxy) is 2. The molecule has 0 atom stereocenters. The van der Waals surface area contributed by atoms with Crippen molar-refractivity contribution in [2.45, 2.75) is 19.3 Å². The average molecular weight is 281 g/mol. The number of rotatable bonds is 5. The van der Waals surface area contributed by atoms with Gasteiger partial charge in [-0.3, -0.25) is 0 Å². The van der Waals surface area contributed by atoms with Gasteiger partial charge < -0.3 is 9.47 Å². The van der Waals surface area contributed by atoms with Gasteiger partial charge >= 0.3 is 0 Å². The predicted molar refractivity (Wildman–Crippen MR) is 76.9 cm³/mol. The average Bonchev–Trinajstić information content (AvgIpc) is 2.77. The molecule has 0 bridgehead atoms. The summed E-state index contributed by atoms with van der Waals surface area (Å²) in [5.74, 6) is 2.30. The van der Waals surface area contributed by atoms with E-state index in [1.54, 1.807) is 18.4 Å². The van der Waals surface area contributed by atoms with Gasteiger partial charge in [0.25, 0.3) is 0 Å². The number of thiol groups is 1. The van der Waals surface area contributed by atoms with Crippen molar-refractivity contribution >= 4 is 24.0 Å². The van der Waals surface area contributed by atoms with E-state index in [1.807, 2.05) is 31.2 Å². The molecule has 1 heterocycles. The van der Waals surface area contributed by atoms with E-state index in [0.29, 0.717) is 6.61 Å². The molecule has 0 saturated heterocycles. The molecule has 18 heavy (non-hydrogen) atoms. The van der Waals surface area contributed by atoms with Gasteiger partial charge in [0.1, 0.15) is 23.1 Å². The Balaban J connectivity index is 2.01. The van der Waals surface area contributed by atoms with Crippen LogP contribution in [0.5, 0.6) is 11.5 Å². The molecule has 1 aromatic heterocycles. The monoisotopic (exact) mass is 281 g/mol. The van der Waals surface area contributed by atoms with Crippen molar-refractivity contribution < 1.29 is 9.47 Å². The number of aromatic nitrogens is 1. The number of hydrogen-bond acceptors (Lipinski definition) is 5. The summed E-state index contributed by atoms with van der Waals surface area (Å²) in [6, 6.07) is 7.56. The van der Waals surface area contributed by atoms with Crippen molar-refractivity contribution in [2.75, 3.05) is 7.11 Å². The van der Waals surface area contributed by atoms with Crippen molar-refractivity contribution in [2.24, 2.45) is 0 Å². The van der Waals surface area contributed by atoms with Gasteiger partial charge in [-0.05, 0) is 19.1 Å². The zero-order chi connectivity index (χ0) is 13.0. The summed E-state index contributed by atoms with van der Waals surface area (Å²) in [7, 11) is 1.64. The van der Waals surface area contributed by atoms with Crippen molar-refractivity contribution in [3.8, 4) is 11.5 Å². The highest BCUT2D eigenvalue weighted by Gasteiger charge is 2.06. The Labute approximate surface area is 116 Å². The van der Waals surface area contributed by atoms with Crippen LogP contribution in [-0.4, -0.2) is 12.1 Å². The first kappa shape index (κ1) is 13.2. The molecule has 0 fully saturated rings. The minimum atomic E-state index is 0.479. The maximum absolute atomic E-state index is 5.69. The highest BCUT2D eigenvalue weighted by molar-refractivity contribution is 7.79. The fourth-order valence-electron chi connectivity index (χ4n) is 1.53. The van der Waals surface area contributed by atoms with Crippen molar-refractivity contribution in [1.29, 1.82) is 0 Å². The first-order valence-corrected chi connectivity index (χ1v) is 7.00. The third-order valence-electron chi connectivity index (χ3n) is 2.48. The number of methoxy groups -OCH3 is 1. The Bertz CT molecular complexity index is 525. The second-order valence-electron chi connectivity index (χ2n) is 3.74. The topological polar surface area (TPSA) is 31.4 Å². The van der Waals surface area contributed by atoms with Crippen LogP contribution >= 0.6 is 24.0 Å². The molecule has 3 nitrogen and oxygen atoms in total. The first-order valence-electron chi connectivity index (χ1n) is 5.56. The second kappa shape index (κ2) is 6.11. The van der Waals surface area contributed by atoms with Crippen LogP contribution < -0.4 is 9.47 Å². The molecule has 0 amide bonds. The third kappa shape index (κ3) is 3.17. The van der Waals surface area contributed by atoms with Crippen LogP contribution in [0.1, 0.15) is 15.6 Å². The van der Waals surface area contributed by atoms with Crippen LogP contribution in [0.15, 0.2) is 24.3 Å². The van der Waals surface area contributed by atoms with E-state index in [0.717, 1.165) is 28.0 Å². The lowest BCUT2D eigenvalue weighted by molar-refractivity contribution is 0.303. The highest BCUT2D eigenvalue weighted by atomic mass is 32.1. The van der Waals surface area contributed by atoms with E-state index in [4.69, 9.17) is 9.47 Å². The SMILES string of the molecule is COc1cccc(OCc2nc(C)c(CS)s2)c1. The summed E-state index contributed by atoms with van der Waals surface area (Å²) in [5, 5.41) is 0.972. The van der Waals surface area contributed by atoms with E-state index < -0.39 is 0 Å². The molecule has 0 spiro atoms. The molecule has 2 aromatic rings. The molecule has 1 aromatic carbocycles. The normalized spacial score (nSPS) is 10.4. The Kier molecular flexibility index (Phi) is 4.49. The summed E-state index contributed by atoms with van der Waals surface area (Å²) < 4.78 is 10.8. The summed E-state index contributed by atoms with van der Waals surface area (Å²) in [5.41, 5.74) is 1.04. The third-order valence-corrected chi connectivity index (χ3v) is 4.15. The Morgan fingerprint density at radius 1 is 1.33 bits per heavy atom. The largest absolute Gasteiger partial charge is 0.497 e. The van der Waals surface area contributed by atoms with Crippen LogP contribution in [-0.2, 0) is 12.4 Å². The minimum absolute atomic E-state index is 0.479. The summed E-state index contributed by atoms with van der Waals surface area (Å²) in [6.45, 7) is 2.48. The van der Waals surface area contributed by atoms with Gasteiger partial charge in [-0.15, -0.1) is 11.3 Å². The summed E-state index contributed by atoms with van der Waals surface area (Å²) >= 11 is 5.92. The van der Waals surface area contributed by atoms with Gasteiger partial charge in [-0.1, -0.05) is 6.07 Å². The van der Waals surface area contributed by atoms with Crippen molar-refractivity contribution in [1.82, 2.24) is 4.98 Å². The quantitative estimate of drug-likeness (QED) is 0.852. The zero-order valence-electron chi connectivity index (χ0n) is 10.3. The van der Waals surface area contributed by atoms with Gasteiger partial charge in [0.05, 0.1) is 12.8 Å². The lowest BCUT2D eigenvalue weighted by Gasteiger charge is -2.05. The number of hydrogen-bond donors (Lipinski definition) is 1. The van der Waals surface area contributed by atoms with Crippen LogP contribution in [0.3, 0.4) is 0 Å². The standard InChI is InChI=1S/C13H15NO2S2/c1-9-12(8-17)18-13(14-9)7-16-11-5-3-4-10(6-11)15-2/h3-6,17H,7-8H2,1-2H3. The lowest BCUT2D eigenvalue weighted by Crippen LogP contribution is -1.95. The van der Waals surface area contributed by atoms with Crippen LogP contribution in [0, 0.1) is 6.92 Å². The van der Waals surface area contributed by atoms with Gasteiger partial charge in [0.2, 0.25) is 0 Å². The maximum Gasteiger partial charge on any atom is 0.140 e. The molecular formula is C13H15NO2S2. The molecule has 96 valence electrons. The number of benzene rings is 1. The zero-order valence-corrected chi connectivity index (χ0v) is 12.1. The molecule has 0 aliphatic heterocycles. The fraction of sp³-hybridized carbons (Fsp3) is 0.308. The van der Waals surface area contributed by atoms with E-state index in [2.05, 4.69) is 17.6 Å². The molecule has 2 rings (SSSR count). The minimum Gasteiger partial charge on any atom is -0.497 e. The molecule has 0 aliphatic rings. The Morgan fingerprint density at radius 3 is 2.78 bits per heavy atom. The Hall–Kier alpha value is -1.20. The Morgan fingerprint density at radius 2 is 2.11 bits per heavy atom. The van der Waals surface area contributed by atoms with Gasteiger partial charge in [0, 0.05) is 16.7 Å². The van der Waals surface area contributed by atoms with Crippen LogP contribution in [0.25, 0.3) is 0 Å².